The van der Waals surface area contributed by atoms with Gasteiger partial charge in [0, 0.05) is 32.1 Å². The number of carbonyl (C=O) groups is 1. The predicted molar refractivity (Wildman–Crippen MR) is 105 cm³/mol. The molecule has 0 unspecified atom stereocenters. The third kappa shape index (κ3) is 3.82. The van der Waals surface area contributed by atoms with Crippen molar-refractivity contribution in [2.45, 2.75) is 64.4 Å². The molecule has 1 saturated heterocycles. The van der Waals surface area contributed by atoms with Crippen molar-refractivity contribution in [3.05, 3.63) is 47.5 Å². The first-order chi connectivity index (χ1) is 13.5. The minimum absolute atomic E-state index is 0.0941. The van der Waals surface area contributed by atoms with Gasteiger partial charge in [-0.2, -0.15) is 0 Å². The molecule has 0 radical (unpaired) electrons. The van der Waals surface area contributed by atoms with Crippen LogP contribution in [0, 0.1) is 0 Å². The number of aliphatic hydroxyl groups excluding tert-OH is 1. The Kier molecular flexibility index (Phi) is 5.46. The number of aliphatic hydroxyl groups is 1. The van der Waals surface area contributed by atoms with E-state index in [4.69, 9.17) is 0 Å². The molecule has 2 aliphatic heterocycles. The van der Waals surface area contributed by atoms with E-state index in [-0.39, 0.29) is 18.1 Å². The highest BCUT2D eigenvalue weighted by atomic mass is 16.3. The standard InChI is InChI=1S/C21H29N5O2/c1-15(2)26-13-17(27)12-18(26)21-23-22-19-14-24(10-11-25(19)21)20(28)9-8-16-6-4-3-5-7-16/h3-7,15,17-18,27H,8-14H2,1-2H3/t17-,18-/m0/s1. The zero-order chi connectivity index (χ0) is 19.7. The Balaban J connectivity index is 1.42. The van der Waals surface area contributed by atoms with Crippen LogP contribution < -0.4 is 0 Å². The lowest BCUT2D eigenvalue weighted by atomic mass is 10.1. The molecule has 1 fully saturated rings. The molecule has 2 aliphatic rings. The average molecular weight is 383 g/mol. The van der Waals surface area contributed by atoms with Gasteiger partial charge in [0.25, 0.3) is 0 Å². The van der Waals surface area contributed by atoms with Crippen molar-refractivity contribution < 1.29 is 9.90 Å². The third-order valence-corrected chi connectivity index (χ3v) is 5.88. The highest BCUT2D eigenvalue weighted by Crippen LogP contribution is 2.33. The second-order valence-electron chi connectivity index (χ2n) is 8.12. The van der Waals surface area contributed by atoms with Crippen LogP contribution in [-0.2, 0) is 24.3 Å². The first-order valence-corrected chi connectivity index (χ1v) is 10.2. The summed E-state index contributed by atoms with van der Waals surface area (Å²) in [5, 5.41) is 19.0. The van der Waals surface area contributed by atoms with Gasteiger partial charge in [0.2, 0.25) is 5.91 Å². The van der Waals surface area contributed by atoms with Gasteiger partial charge >= 0.3 is 0 Å². The van der Waals surface area contributed by atoms with Crippen molar-refractivity contribution in [3.8, 4) is 0 Å². The summed E-state index contributed by atoms with van der Waals surface area (Å²) in [6.07, 6.45) is 1.65. The van der Waals surface area contributed by atoms with E-state index in [1.807, 2.05) is 23.1 Å². The van der Waals surface area contributed by atoms with Crippen LogP contribution in [0.25, 0.3) is 0 Å². The van der Waals surface area contributed by atoms with Gasteiger partial charge < -0.3 is 14.6 Å². The number of likely N-dealkylation sites (tertiary alicyclic amines) is 1. The van der Waals surface area contributed by atoms with Crippen LogP contribution in [0.4, 0.5) is 0 Å². The van der Waals surface area contributed by atoms with Gasteiger partial charge in [-0.05, 0) is 32.3 Å². The van der Waals surface area contributed by atoms with Gasteiger partial charge in [-0.25, -0.2) is 0 Å². The van der Waals surface area contributed by atoms with Gasteiger partial charge in [-0.1, -0.05) is 30.3 Å². The molecule has 0 aliphatic carbocycles. The van der Waals surface area contributed by atoms with Crippen LogP contribution >= 0.6 is 0 Å². The largest absolute Gasteiger partial charge is 0.392 e. The Labute approximate surface area is 166 Å². The van der Waals surface area contributed by atoms with Crippen LogP contribution in [-0.4, -0.2) is 60.8 Å². The summed E-state index contributed by atoms with van der Waals surface area (Å²) in [5.41, 5.74) is 1.19. The van der Waals surface area contributed by atoms with Crippen LogP contribution in [0.5, 0.6) is 0 Å². The van der Waals surface area contributed by atoms with Gasteiger partial charge in [0.05, 0.1) is 18.7 Å². The maximum atomic E-state index is 12.7. The Morgan fingerprint density at radius 3 is 2.75 bits per heavy atom. The molecule has 1 N–H and O–H groups in total. The molecule has 4 rings (SSSR count). The van der Waals surface area contributed by atoms with Gasteiger partial charge in [0.1, 0.15) is 0 Å². The number of rotatable bonds is 5. The topological polar surface area (TPSA) is 74.5 Å². The molecule has 28 heavy (non-hydrogen) atoms. The van der Waals surface area contributed by atoms with Crippen molar-refractivity contribution in [2.24, 2.45) is 0 Å². The Morgan fingerprint density at radius 1 is 1.21 bits per heavy atom. The van der Waals surface area contributed by atoms with Crippen LogP contribution in [0.15, 0.2) is 30.3 Å². The molecule has 1 aromatic carbocycles. The number of hydrogen-bond acceptors (Lipinski definition) is 5. The first-order valence-electron chi connectivity index (χ1n) is 10.2. The maximum absolute atomic E-state index is 12.7. The quantitative estimate of drug-likeness (QED) is 0.852. The van der Waals surface area contributed by atoms with E-state index in [2.05, 4.69) is 45.6 Å². The molecule has 7 heteroatoms. The molecule has 150 valence electrons. The lowest BCUT2D eigenvalue weighted by Gasteiger charge is -2.31. The Hall–Kier alpha value is -2.25. The number of fused-ring (bicyclic) bond motifs is 1. The molecule has 7 nitrogen and oxygen atoms in total. The predicted octanol–water partition coefficient (Wildman–Crippen LogP) is 1.77. The van der Waals surface area contributed by atoms with Crippen molar-refractivity contribution >= 4 is 5.91 Å². The van der Waals surface area contributed by atoms with E-state index in [0.29, 0.717) is 45.1 Å². The molecule has 0 bridgehead atoms. The van der Waals surface area contributed by atoms with E-state index < -0.39 is 0 Å². The van der Waals surface area contributed by atoms with Crippen LogP contribution in [0.3, 0.4) is 0 Å². The molecule has 0 spiro atoms. The average Bonchev–Trinajstić information content (AvgIpc) is 3.29. The number of nitrogens with zero attached hydrogens (tertiary/aromatic N) is 5. The monoisotopic (exact) mass is 383 g/mol. The summed E-state index contributed by atoms with van der Waals surface area (Å²) >= 11 is 0. The maximum Gasteiger partial charge on any atom is 0.223 e. The Bertz CT molecular complexity index is 819. The van der Waals surface area contributed by atoms with Crippen molar-refractivity contribution in [1.29, 1.82) is 0 Å². The molecular weight excluding hydrogens is 354 g/mol. The zero-order valence-corrected chi connectivity index (χ0v) is 16.7. The van der Waals surface area contributed by atoms with Crippen LogP contribution in [0.1, 0.15) is 49.9 Å². The molecule has 3 heterocycles. The summed E-state index contributed by atoms with van der Waals surface area (Å²) in [7, 11) is 0. The minimum atomic E-state index is -0.319. The second-order valence-corrected chi connectivity index (χ2v) is 8.12. The fraction of sp³-hybridized carbons (Fsp3) is 0.571. The lowest BCUT2D eigenvalue weighted by molar-refractivity contribution is -0.132. The van der Waals surface area contributed by atoms with E-state index >= 15 is 0 Å². The van der Waals surface area contributed by atoms with Gasteiger partial charge in [-0.3, -0.25) is 9.69 Å². The molecule has 1 amide bonds. The van der Waals surface area contributed by atoms with E-state index in [9.17, 15) is 9.90 Å². The van der Waals surface area contributed by atoms with Gasteiger partial charge in [0.15, 0.2) is 11.6 Å². The summed E-state index contributed by atoms with van der Waals surface area (Å²) in [6, 6.07) is 10.6. The number of hydrogen-bond donors (Lipinski definition) is 1. The summed E-state index contributed by atoms with van der Waals surface area (Å²) in [5.74, 6) is 1.94. The normalized spacial score (nSPS) is 22.6. The molecule has 1 aromatic heterocycles. The third-order valence-electron chi connectivity index (χ3n) is 5.88. The van der Waals surface area contributed by atoms with E-state index in [0.717, 1.165) is 18.1 Å². The smallest absolute Gasteiger partial charge is 0.223 e. The summed E-state index contributed by atoms with van der Waals surface area (Å²) < 4.78 is 2.15. The number of aromatic nitrogens is 3. The van der Waals surface area contributed by atoms with E-state index in [1.165, 1.54) is 5.56 Å². The summed E-state index contributed by atoms with van der Waals surface area (Å²) in [6.45, 7) is 6.87. The number of carbonyl (C=O) groups excluding carboxylic acids is 1. The van der Waals surface area contributed by atoms with Crippen molar-refractivity contribution in [1.82, 2.24) is 24.6 Å². The minimum Gasteiger partial charge on any atom is -0.392 e. The molecule has 0 saturated carbocycles. The zero-order valence-electron chi connectivity index (χ0n) is 16.7. The second kappa shape index (κ2) is 8.01. The molecule has 2 aromatic rings. The Morgan fingerprint density at radius 2 is 2.00 bits per heavy atom. The number of β-amino-alcohol motifs (C(OH)–C–C–N with tert-alkyl or cyclic N) is 1. The van der Waals surface area contributed by atoms with Crippen molar-refractivity contribution in [3.63, 3.8) is 0 Å². The SMILES string of the molecule is CC(C)N1C[C@@H](O)C[C@H]1c1nnc2n1CCN(C(=O)CCc1ccccc1)C2. The van der Waals surface area contributed by atoms with E-state index in [1.54, 1.807) is 0 Å². The lowest BCUT2D eigenvalue weighted by Crippen LogP contribution is -2.40. The highest BCUT2D eigenvalue weighted by Gasteiger charge is 2.38. The summed E-state index contributed by atoms with van der Waals surface area (Å²) in [4.78, 5) is 16.8. The first kappa shape index (κ1) is 19.1. The molecular formula is C21H29N5O2. The number of benzene rings is 1. The van der Waals surface area contributed by atoms with Crippen LogP contribution in [0.2, 0.25) is 0 Å². The van der Waals surface area contributed by atoms with Gasteiger partial charge in [-0.15, -0.1) is 10.2 Å². The number of aryl methyl sites for hydroxylation is 1. The molecule has 2 atom stereocenters. The number of amides is 1. The highest BCUT2D eigenvalue weighted by molar-refractivity contribution is 5.76. The fourth-order valence-corrected chi connectivity index (χ4v) is 4.36. The fourth-order valence-electron chi connectivity index (χ4n) is 4.36. The van der Waals surface area contributed by atoms with Crippen molar-refractivity contribution in [2.75, 3.05) is 13.1 Å².